The van der Waals surface area contributed by atoms with Crippen LogP contribution in [0.4, 0.5) is 11.6 Å². The van der Waals surface area contributed by atoms with Gasteiger partial charge in [-0.3, -0.25) is 0 Å². The largest absolute Gasteiger partial charge is 0.492 e. The Morgan fingerprint density at radius 2 is 2.07 bits per heavy atom. The summed E-state index contributed by atoms with van der Waals surface area (Å²) in [5.74, 6) is 1.17. The van der Waals surface area contributed by atoms with E-state index < -0.39 is 0 Å². The number of nitrogens with zero attached hydrogens (tertiary/aromatic N) is 6. The zero-order valence-electron chi connectivity index (χ0n) is 14.7. The first-order valence-electron chi connectivity index (χ1n) is 8.44. The molecule has 1 aromatic carbocycles. The van der Waals surface area contributed by atoms with E-state index in [0.717, 1.165) is 18.0 Å². The van der Waals surface area contributed by atoms with Crippen LogP contribution in [0.2, 0.25) is 0 Å². The molecule has 0 saturated carbocycles. The monoisotopic (exact) mass is 389 g/mol. The number of aromatic nitrogens is 5. The van der Waals surface area contributed by atoms with Gasteiger partial charge in [0.1, 0.15) is 29.1 Å². The minimum atomic E-state index is 0.391. The van der Waals surface area contributed by atoms with Gasteiger partial charge in [0, 0.05) is 29.7 Å². The van der Waals surface area contributed by atoms with Gasteiger partial charge in [0.25, 0.3) is 0 Å². The maximum absolute atomic E-state index is 9.27. The van der Waals surface area contributed by atoms with Crippen LogP contribution in [0.5, 0.6) is 5.75 Å². The number of nitriles is 1. The summed E-state index contributed by atoms with van der Waals surface area (Å²) < 4.78 is 7.69. The fraction of sp³-hybridized carbons (Fsp3) is 0.105. The van der Waals surface area contributed by atoms with Crippen LogP contribution in [0.25, 0.3) is 10.7 Å². The minimum Gasteiger partial charge on any atom is -0.492 e. The van der Waals surface area contributed by atoms with Crippen molar-refractivity contribution in [2.45, 2.75) is 6.54 Å². The molecule has 4 aromatic rings. The number of imidazole rings is 1. The van der Waals surface area contributed by atoms with Crippen LogP contribution < -0.4 is 10.1 Å². The summed E-state index contributed by atoms with van der Waals surface area (Å²) >= 11 is 1.43. The van der Waals surface area contributed by atoms with Gasteiger partial charge in [0.05, 0.1) is 24.6 Å². The van der Waals surface area contributed by atoms with Crippen molar-refractivity contribution in [1.29, 1.82) is 5.26 Å². The maximum atomic E-state index is 9.27. The Hall–Kier alpha value is -3.77. The van der Waals surface area contributed by atoms with Crippen LogP contribution in [0.1, 0.15) is 5.56 Å². The smallest absolute Gasteiger partial charge is 0.227 e. The molecule has 0 bridgehead atoms. The van der Waals surface area contributed by atoms with Crippen LogP contribution in [0, 0.1) is 11.3 Å². The van der Waals surface area contributed by atoms with E-state index in [-0.39, 0.29) is 0 Å². The van der Waals surface area contributed by atoms with E-state index in [0.29, 0.717) is 28.8 Å². The first-order chi connectivity index (χ1) is 13.8. The third-order valence-corrected chi connectivity index (χ3v) is 4.61. The molecule has 138 valence electrons. The van der Waals surface area contributed by atoms with Crippen LogP contribution in [-0.4, -0.2) is 31.1 Å². The molecule has 0 atom stereocenters. The van der Waals surface area contributed by atoms with Crippen molar-refractivity contribution < 1.29 is 4.74 Å². The van der Waals surface area contributed by atoms with Crippen LogP contribution in [-0.2, 0) is 6.54 Å². The van der Waals surface area contributed by atoms with E-state index in [1.165, 1.54) is 17.5 Å². The molecule has 0 amide bonds. The highest BCUT2D eigenvalue weighted by atomic mass is 32.1. The fourth-order valence-corrected chi connectivity index (χ4v) is 3.12. The standard InChI is InChI=1S/C19H15N7OS/c20-11-14-12-23-19(25-17(14)18-22-6-10-28-18)24-15-1-3-16(4-2-15)27-9-8-26-7-5-21-13-26/h1-7,10,12-13H,8-9H2,(H,23,24,25). The Balaban J connectivity index is 1.41. The molecule has 8 nitrogen and oxygen atoms in total. The van der Waals surface area contributed by atoms with Crippen LogP contribution in [0.15, 0.2) is 60.8 Å². The molecule has 0 fully saturated rings. The molecule has 0 spiro atoms. The molecule has 1 N–H and O–H groups in total. The van der Waals surface area contributed by atoms with E-state index in [1.807, 2.05) is 40.4 Å². The Morgan fingerprint density at radius 1 is 1.18 bits per heavy atom. The summed E-state index contributed by atoms with van der Waals surface area (Å²) in [5, 5.41) is 14.9. The number of rotatable bonds is 7. The molecule has 9 heteroatoms. The van der Waals surface area contributed by atoms with E-state index in [2.05, 4.69) is 31.3 Å². The third-order valence-electron chi connectivity index (χ3n) is 3.83. The lowest BCUT2D eigenvalue weighted by molar-refractivity contribution is 0.298. The van der Waals surface area contributed by atoms with Gasteiger partial charge in [-0.15, -0.1) is 11.3 Å². The number of hydrogen-bond donors (Lipinski definition) is 1. The molecule has 0 aliphatic rings. The second kappa shape index (κ2) is 8.28. The predicted molar refractivity (Wildman–Crippen MR) is 105 cm³/mol. The second-order valence-corrected chi connectivity index (χ2v) is 6.60. The molecule has 3 aromatic heterocycles. The topological polar surface area (TPSA) is 102 Å². The van der Waals surface area contributed by atoms with Crippen molar-refractivity contribution in [3.05, 3.63) is 66.3 Å². The predicted octanol–water partition coefficient (Wildman–Crippen LogP) is 3.49. The molecular weight excluding hydrogens is 374 g/mol. The molecular formula is C19H15N7OS. The van der Waals surface area contributed by atoms with Crippen molar-refractivity contribution in [1.82, 2.24) is 24.5 Å². The quantitative estimate of drug-likeness (QED) is 0.516. The second-order valence-electron chi connectivity index (χ2n) is 5.70. The average Bonchev–Trinajstić information content (AvgIpc) is 3.44. The first kappa shape index (κ1) is 17.6. The van der Waals surface area contributed by atoms with Gasteiger partial charge < -0.3 is 14.6 Å². The van der Waals surface area contributed by atoms with E-state index in [1.54, 1.807) is 18.7 Å². The highest BCUT2D eigenvalue weighted by molar-refractivity contribution is 7.13. The minimum absolute atomic E-state index is 0.391. The zero-order valence-corrected chi connectivity index (χ0v) is 15.5. The zero-order chi connectivity index (χ0) is 19.2. The van der Waals surface area contributed by atoms with Gasteiger partial charge in [0.2, 0.25) is 5.95 Å². The van der Waals surface area contributed by atoms with Gasteiger partial charge >= 0.3 is 0 Å². The normalized spacial score (nSPS) is 10.4. The van der Waals surface area contributed by atoms with Crippen LogP contribution >= 0.6 is 11.3 Å². The van der Waals surface area contributed by atoms with Crippen LogP contribution in [0.3, 0.4) is 0 Å². The Bertz CT molecular complexity index is 1070. The average molecular weight is 389 g/mol. The first-order valence-corrected chi connectivity index (χ1v) is 9.32. The van der Waals surface area contributed by atoms with E-state index in [4.69, 9.17) is 4.74 Å². The van der Waals surface area contributed by atoms with E-state index >= 15 is 0 Å². The fourth-order valence-electron chi connectivity index (χ4n) is 2.48. The summed E-state index contributed by atoms with van der Waals surface area (Å²) in [6.07, 6.45) is 8.58. The molecule has 0 radical (unpaired) electrons. The maximum Gasteiger partial charge on any atom is 0.227 e. The van der Waals surface area contributed by atoms with Crippen molar-refractivity contribution in [2.75, 3.05) is 11.9 Å². The third kappa shape index (κ3) is 4.13. The lowest BCUT2D eigenvalue weighted by Gasteiger charge is -2.09. The Labute approximate surface area is 165 Å². The van der Waals surface area contributed by atoms with Crippen molar-refractivity contribution >= 4 is 23.0 Å². The summed E-state index contributed by atoms with van der Waals surface area (Å²) in [7, 11) is 0. The number of nitrogens with one attached hydrogen (secondary N) is 1. The lowest BCUT2D eigenvalue weighted by Crippen LogP contribution is -2.06. The summed E-state index contributed by atoms with van der Waals surface area (Å²) in [6, 6.07) is 9.63. The number of anilines is 2. The summed E-state index contributed by atoms with van der Waals surface area (Å²) in [5.41, 5.74) is 1.73. The molecule has 0 unspecified atom stereocenters. The molecule has 4 rings (SSSR count). The number of benzene rings is 1. The van der Waals surface area contributed by atoms with Crippen molar-refractivity contribution in [3.63, 3.8) is 0 Å². The summed E-state index contributed by atoms with van der Waals surface area (Å²) in [4.78, 5) is 16.9. The highest BCUT2D eigenvalue weighted by Gasteiger charge is 2.12. The summed E-state index contributed by atoms with van der Waals surface area (Å²) in [6.45, 7) is 1.29. The highest BCUT2D eigenvalue weighted by Crippen LogP contribution is 2.25. The molecule has 0 saturated heterocycles. The van der Waals surface area contributed by atoms with E-state index in [9.17, 15) is 5.26 Å². The number of ether oxygens (including phenoxy) is 1. The lowest BCUT2D eigenvalue weighted by atomic mass is 10.2. The molecule has 28 heavy (non-hydrogen) atoms. The van der Waals surface area contributed by atoms with Gasteiger partial charge in [-0.1, -0.05) is 0 Å². The Kier molecular flexibility index (Phi) is 5.22. The molecule has 0 aliphatic heterocycles. The Morgan fingerprint density at radius 3 is 2.79 bits per heavy atom. The SMILES string of the molecule is N#Cc1cnc(Nc2ccc(OCCn3ccnc3)cc2)nc1-c1nccs1. The molecule has 3 heterocycles. The van der Waals surface area contributed by atoms with Gasteiger partial charge in [-0.2, -0.15) is 5.26 Å². The van der Waals surface area contributed by atoms with Crippen molar-refractivity contribution in [2.24, 2.45) is 0 Å². The van der Waals surface area contributed by atoms with Crippen molar-refractivity contribution in [3.8, 4) is 22.5 Å². The number of hydrogen-bond acceptors (Lipinski definition) is 8. The van der Waals surface area contributed by atoms with Gasteiger partial charge in [-0.25, -0.2) is 19.9 Å². The van der Waals surface area contributed by atoms with Gasteiger partial charge in [0.15, 0.2) is 0 Å². The number of thiazole rings is 1. The molecule has 0 aliphatic carbocycles. The van der Waals surface area contributed by atoms with Gasteiger partial charge in [-0.05, 0) is 24.3 Å².